The average molecular weight is 252 g/mol. The molecule has 2 aliphatic rings. The van der Waals surface area contributed by atoms with Crippen LogP contribution in [0.1, 0.15) is 58.8 Å². The quantitative estimate of drug-likeness (QED) is 0.834. The van der Waals surface area contributed by atoms with Crippen LogP contribution >= 0.6 is 0 Å². The number of piperidine rings is 1. The van der Waals surface area contributed by atoms with Gasteiger partial charge in [-0.05, 0) is 38.1 Å². The van der Waals surface area contributed by atoms with Gasteiger partial charge in [0.05, 0.1) is 6.04 Å². The van der Waals surface area contributed by atoms with E-state index >= 15 is 0 Å². The largest absolute Gasteiger partial charge is 0.338 e. The Morgan fingerprint density at radius 2 is 1.83 bits per heavy atom. The second-order valence-corrected chi connectivity index (χ2v) is 6.33. The van der Waals surface area contributed by atoms with Gasteiger partial charge in [0.25, 0.3) is 0 Å². The summed E-state index contributed by atoms with van der Waals surface area (Å²) in [5.41, 5.74) is 0. The van der Waals surface area contributed by atoms with E-state index in [2.05, 4.69) is 24.1 Å². The minimum absolute atomic E-state index is 0.0955. The third-order valence-electron chi connectivity index (χ3n) is 4.22. The van der Waals surface area contributed by atoms with Crippen LogP contribution in [0.5, 0.6) is 0 Å². The summed E-state index contributed by atoms with van der Waals surface area (Å²) in [6.45, 7) is 6.37. The van der Waals surface area contributed by atoms with E-state index in [4.69, 9.17) is 0 Å². The van der Waals surface area contributed by atoms with Crippen molar-refractivity contribution in [3.05, 3.63) is 0 Å². The number of nitrogens with one attached hydrogen (secondary N) is 1. The van der Waals surface area contributed by atoms with Crippen LogP contribution < -0.4 is 5.32 Å². The molecule has 1 unspecified atom stereocenters. The molecule has 0 radical (unpaired) electrons. The molecule has 1 N–H and O–H groups in total. The Hall–Kier alpha value is -0.570. The van der Waals surface area contributed by atoms with Gasteiger partial charge in [0.1, 0.15) is 0 Å². The first-order valence-electron chi connectivity index (χ1n) is 7.72. The van der Waals surface area contributed by atoms with Crippen molar-refractivity contribution in [1.82, 2.24) is 10.2 Å². The molecule has 18 heavy (non-hydrogen) atoms. The third-order valence-corrected chi connectivity index (χ3v) is 4.22. The Morgan fingerprint density at radius 3 is 2.39 bits per heavy atom. The number of hydrogen-bond acceptors (Lipinski definition) is 2. The average Bonchev–Trinajstić information content (AvgIpc) is 2.89. The maximum absolute atomic E-state index is 12.7. The molecule has 1 heterocycles. The predicted octanol–water partition coefficient (Wildman–Crippen LogP) is 2.56. The van der Waals surface area contributed by atoms with Crippen molar-refractivity contribution < 1.29 is 4.79 Å². The lowest BCUT2D eigenvalue weighted by Crippen LogP contribution is -2.52. The van der Waals surface area contributed by atoms with Crippen molar-refractivity contribution in [3.63, 3.8) is 0 Å². The number of carbonyl (C=O) groups is 1. The van der Waals surface area contributed by atoms with Gasteiger partial charge in [0, 0.05) is 12.6 Å². The highest BCUT2D eigenvalue weighted by molar-refractivity contribution is 5.82. The van der Waals surface area contributed by atoms with Crippen molar-refractivity contribution in [2.45, 2.75) is 70.9 Å². The number of nitrogens with zero attached hydrogens (tertiary/aromatic N) is 1. The Labute approximate surface area is 111 Å². The van der Waals surface area contributed by atoms with Crippen LogP contribution in [0, 0.1) is 5.92 Å². The molecule has 1 atom stereocenters. The van der Waals surface area contributed by atoms with Crippen LogP contribution in [0.2, 0.25) is 0 Å². The van der Waals surface area contributed by atoms with E-state index in [1.807, 2.05) is 0 Å². The molecule has 0 bridgehead atoms. The molecular formula is C15H28N2O. The second kappa shape index (κ2) is 6.55. The summed E-state index contributed by atoms with van der Waals surface area (Å²) < 4.78 is 0. The molecule has 2 rings (SSSR count). The van der Waals surface area contributed by atoms with E-state index in [0.29, 0.717) is 17.9 Å². The summed E-state index contributed by atoms with van der Waals surface area (Å²) in [5, 5.41) is 3.40. The normalized spacial score (nSPS) is 25.6. The minimum Gasteiger partial charge on any atom is -0.338 e. The summed E-state index contributed by atoms with van der Waals surface area (Å²) in [6.07, 6.45) is 8.47. The summed E-state index contributed by atoms with van der Waals surface area (Å²) >= 11 is 0. The second-order valence-electron chi connectivity index (χ2n) is 6.33. The zero-order valence-electron chi connectivity index (χ0n) is 12.0. The fourth-order valence-electron chi connectivity index (χ4n) is 3.29. The first-order chi connectivity index (χ1) is 8.68. The number of amides is 1. The van der Waals surface area contributed by atoms with Gasteiger partial charge in [-0.25, -0.2) is 0 Å². The van der Waals surface area contributed by atoms with Crippen LogP contribution in [0.3, 0.4) is 0 Å². The SMILES string of the molecule is CC(C)CN(C(=O)C1CCCCN1)C1CCCC1. The monoisotopic (exact) mass is 252 g/mol. The Bertz CT molecular complexity index is 266. The standard InChI is InChI=1S/C15H28N2O/c1-12(2)11-17(13-7-3-4-8-13)15(18)14-9-5-6-10-16-14/h12-14,16H,3-11H2,1-2H3. The molecule has 1 aliphatic carbocycles. The van der Waals surface area contributed by atoms with Gasteiger partial charge in [-0.2, -0.15) is 0 Å². The predicted molar refractivity (Wildman–Crippen MR) is 74.4 cm³/mol. The van der Waals surface area contributed by atoms with E-state index in [-0.39, 0.29) is 6.04 Å². The first-order valence-corrected chi connectivity index (χ1v) is 7.72. The summed E-state index contributed by atoms with van der Waals surface area (Å²) in [6, 6.07) is 0.613. The van der Waals surface area contributed by atoms with Crippen molar-refractivity contribution in [2.75, 3.05) is 13.1 Å². The molecule has 3 nitrogen and oxygen atoms in total. The molecule has 2 fully saturated rings. The highest BCUT2D eigenvalue weighted by Gasteiger charge is 2.32. The minimum atomic E-state index is 0.0955. The lowest BCUT2D eigenvalue weighted by atomic mass is 10.0. The highest BCUT2D eigenvalue weighted by atomic mass is 16.2. The van der Waals surface area contributed by atoms with Gasteiger partial charge >= 0.3 is 0 Å². The van der Waals surface area contributed by atoms with Gasteiger partial charge in [-0.3, -0.25) is 4.79 Å². The van der Waals surface area contributed by atoms with Crippen LogP contribution in [-0.2, 0) is 4.79 Å². The zero-order valence-corrected chi connectivity index (χ0v) is 12.0. The van der Waals surface area contributed by atoms with E-state index in [9.17, 15) is 4.79 Å². The molecule has 0 spiro atoms. The van der Waals surface area contributed by atoms with Crippen LogP contribution in [-0.4, -0.2) is 36.0 Å². The van der Waals surface area contributed by atoms with Gasteiger partial charge in [-0.15, -0.1) is 0 Å². The molecule has 0 aromatic heterocycles. The molecule has 3 heteroatoms. The number of carbonyl (C=O) groups excluding carboxylic acids is 1. The lowest BCUT2D eigenvalue weighted by molar-refractivity contribution is -0.137. The van der Waals surface area contributed by atoms with Crippen molar-refractivity contribution in [1.29, 1.82) is 0 Å². The van der Waals surface area contributed by atoms with Gasteiger partial charge in [-0.1, -0.05) is 33.1 Å². The van der Waals surface area contributed by atoms with E-state index in [1.165, 1.54) is 38.5 Å². The van der Waals surface area contributed by atoms with E-state index < -0.39 is 0 Å². The fourth-order valence-corrected chi connectivity index (χ4v) is 3.29. The lowest BCUT2D eigenvalue weighted by Gasteiger charge is -2.35. The number of rotatable bonds is 4. The number of hydrogen-bond donors (Lipinski definition) is 1. The molecule has 0 aromatic rings. The highest BCUT2D eigenvalue weighted by Crippen LogP contribution is 2.25. The Morgan fingerprint density at radius 1 is 1.17 bits per heavy atom. The topological polar surface area (TPSA) is 32.3 Å². The fraction of sp³-hybridized carbons (Fsp3) is 0.933. The van der Waals surface area contributed by atoms with E-state index in [1.54, 1.807) is 0 Å². The molecular weight excluding hydrogens is 224 g/mol. The van der Waals surface area contributed by atoms with Crippen molar-refractivity contribution >= 4 is 5.91 Å². The van der Waals surface area contributed by atoms with E-state index in [0.717, 1.165) is 19.5 Å². The Kier molecular flexibility index (Phi) is 5.04. The Balaban J connectivity index is 1.99. The molecule has 104 valence electrons. The molecule has 1 saturated carbocycles. The van der Waals surface area contributed by atoms with Gasteiger partial charge in [0.2, 0.25) is 5.91 Å². The maximum Gasteiger partial charge on any atom is 0.239 e. The van der Waals surface area contributed by atoms with Crippen molar-refractivity contribution in [2.24, 2.45) is 5.92 Å². The first kappa shape index (κ1) is 13.9. The maximum atomic E-state index is 12.7. The van der Waals surface area contributed by atoms with Gasteiger partial charge < -0.3 is 10.2 Å². The third kappa shape index (κ3) is 3.47. The summed E-state index contributed by atoms with van der Waals surface area (Å²) in [7, 11) is 0. The molecule has 1 saturated heterocycles. The smallest absolute Gasteiger partial charge is 0.239 e. The molecule has 1 aliphatic heterocycles. The zero-order chi connectivity index (χ0) is 13.0. The van der Waals surface area contributed by atoms with Crippen LogP contribution in [0.15, 0.2) is 0 Å². The summed E-state index contributed by atoms with van der Waals surface area (Å²) in [5.74, 6) is 0.938. The van der Waals surface area contributed by atoms with Crippen LogP contribution in [0.25, 0.3) is 0 Å². The molecule has 0 aromatic carbocycles. The van der Waals surface area contributed by atoms with Gasteiger partial charge in [0.15, 0.2) is 0 Å². The molecule has 1 amide bonds. The van der Waals surface area contributed by atoms with Crippen LogP contribution in [0.4, 0.5) is 0 Å². The van der Waals surface area contributed by atoms with Crippen molar-refractivity contribution in [3.8, 4) is 0 Å². The summed E-state index contributed by atoms with van der Waals surface area (Å²) in [4.78, 5) is 14.9.